The van der Waals surface area contributed by atoms with Crippen molar-refractivity contribution in [2.75, 3.05) is 26.6 Å². The van der Waals surface area contributed by atoms with Crippen LogP contribution < -0.4 is 10.9 Å². The Kier molecular flexibility index (Phi) is 6.20. The van der Waals surface area contributed by atoms with Gasteiger partial charge in [-0.25, -0.2) is 19.1 Å². The summed E-state index contributed by atoms with van der Waals surface area (Å²) in [5.41, 5.74) is 0.951. The molecule has 0 spiro atoms. The van der Waals surface area contributed by atoms with Crippen LogP contribution in [0.1, 0.15) is 31.1 Å². The molecule has 31 heavy (non-hydrogen) atoms. The largest absolute Gasteiger partial charge is 0.465 e. The number of hydrogen-bond donors (Lipinski definition) is 2. The second-order valence-electron chi connectivity index (χ2n) is 6.29. The fourth-order valence-electron chi connectivity index (χ4n) is 2.83. The number of carbonyl (C=O) groups is 3. The van der Waals surface area contributed by atoms with Crippen LogP contribution in [0.2, 0.25) is 0 Å². The Morgan fingerprint density at radius 3 is 1.81 bits per heavy atom. The summed E-state index contributed by atoms with van der Waals surface area (Å²) < 4.78 is 15.2. The van der Waals surface area contributed by atoms with Crippen LogP contribution in [-0.2, 0) is 14.2 Å². The minimum absolute atomic E-state index is 0.0785. The van der Waals surface area contributed by atoms with Crippen molar-refractivity contribution < 1.29 is 28.6 Å². The van der Waals surface area contributed by atoms with Crippen molar-refractivity contribution in [1.82, 2.24) is 9.78 Å². The van der Waals surface area contributed by atoms with Gasteiger partial charge in [0.15, 0.2) is 0 Å². The van der Waals surface area contributed by atoms with Gasteiger partial charge in [-0.3, -0.25) is 9.89 Å². The molecule has 0 aliphatic carbocycles. The Labute approximate surface area is 176 Å². The average molecular weight is 425 g/mol. The van der Waals surface area contributed by atoms with Gasteiger partial charge < -0.3 is 19.5 Å². The molecule has 2 N–H and O–H groups in total. The molecule has 0 saturated carbocycles. The molecule has 0 unspecified atom stereocenters. The normalized spacial score (nSPS) is 10.3. The maximum Gasteiger partial charge on any atom is 0.337 e. The Hall–Kier alpha value is -4.34. The van der Waals surface area contributed by atoms with Crippen molar-refractivity contribution in [3.05, 3.63) is 75.6 Å². The lowest BCUT2D eigenvalue weighted by atomic mass is 10.1. The topological polar surface area (TPSA) is 129 Å². The molecule has 0 aliphatic heterocycles. The Bertz CT molecular complexity index is 1160. The molecule has 0 radical (unpaired) electrons. The van der Waals surface area contributed by atoms with Gasteiger partial charge in [0.2, 0.25) is 0 Å². The zero-order chi connectivity index (χ0) is 22.5. The van der Waals surface area contributed by atoms with E-state index in [4.69, 9.17) is 9.47 Å². The van der Waals surface area contributed by atoms with Crippen LogP contribution in [0, 0.1) is 0 Å². The Morgan fingerprint density at radius 2 is 1.29 bits per heavy atom. The molecule has 0 saturated heterocycles. The van der Waals surface area contributed by atoms with Gasteiger partial charge in [-0.05, 0) is 42.5 Å². The van der Waals surface area contributed by atoms with E-state index in [-0.39, 0.29) is 16.8 Å². The molecule has 10 nitrogen and oxygen atoms in total. The van der Waals surface area contributed by atoms with Crippen LogP contribution in [-0.4, -0.2) is 49.0 Å². The zero-order valence-electron chi connectivity index (χ0n) is 16.9. The first-order valence-electron chi connectivity index (χ1n) is 8.96. The first-order chi connectivity index (χ1) is 14.9. The molecule has 3 aromatic rings. The summed E-state index contributed by atoms with van der Waals surface area (Å²) in [6.45, 7) is 0. The highest BCUT2D eigenvalue weighted by atomic mass is 16.5. The SMILES string of the molecule is COC(=O)c1ccc(Nc2cc(=O)n(-c3cc(C(=O)OC)cc(C(=O)OC)c3)[nH]2)cc1. The summed E-state index contributed by atoms with van der Waals surface area (Å²) in [6.07, 6.45) is 0. The van der Waals surface area contributed by atoms with Gasteiger partial charge in [0, 0.05) is 11.8 Å². The van der Waals surface area contributed by atoms with E-state index >= 15 is 0 Å². The number of aromatic nitrogens is 2. The smallest absolute Gasteiger partial charge is 0.337 e. The number of anilines is 2. The van der Waals surface area contributed by atoms with Crippen LogP contribution >= 0.6 is 0 Å². The number of methoxy groups -OCH3 is 3. The highest BCUT2D eigenvalue weighted by molar-refractivity contribution is 5.96. The maximum atomic E-state index is 12.5. The van der Waals surface area contributed by atoms with Crippen molar-refractivity contribution in [3.63, 3.8) is 0 Å². The molecule has 160 valence electrons. The predicted octanol–water partition coefficient (Wildman–Crippen LogP) is 2.27. The average Bonchev–Trinajstić information content (AvgIpc) is 3.17. The minimum Gasteiger partial charge on any atom is -0.465 e. The molecule has 0 bridgehead atoms. The van der Waals surface area contributed by atoms with Crippen LogP contribution in [0.4, 0.5) is 11.5 Å². The third-order valence-corrected chi connectivity index (χ3v) is 4.32. The lowest BCUT2D eigenvalue weighted by molar-refractivity contribution is 0.0587. The first-order valence-corrected chi connectivity index (χ1v) is 8.96. The molecule has 10 heteroatoms. The van der Waals surface area contributed by atoms with E-state index in [0.29, 0.717) is 17.1 Å². The highest BCUT2D eigenvalue weighted by Crippen LogP contribution is 2.18. The zero-order valence-corrected chi connectivity index (χ0v) is 16.9. The number of nitrogens with zero attached hydrogens (tertiary/aromatic N) is 1. The van der Waals surface area contributed by atoms with Crippen molar-refractivity contribution >= 4 is 29.4 Å². The number of benzene rings is 2. The lowest BCUT2D eigenvalue weighted by Crippen LogP contribution is -2.16. The fourth-order valence-corrected chi connectivity index (χ4v) is 2.83. The van der Waals surface area contributed by atoms with Gasteiger partial charge in [-0.2, -0.15) is 0 Å². The molecular weight excluding hydrogens is 406 g/mol. The van der Waals surface area contributed by atoms with Gasteiger partial charge in [0.05, 0.1) is 43.7 Å². The van der Waals surface area contributed by atoms with E-state index in [2.05, 4.69) is 15.2 Å². The third kappa shape index (κ3) is 4.64. The van der Waals surface area contributed by atoms with Gasteiger partial charge in [0.25, 0.3) is 5.56 Å². The molecule has 0 atom stereocenters. The number of nitrogens with one attached hydrogen (secondary N) is 2. The van der Waals surface area contributed by atoms with E-state index in [1.54, 1.807) is 24.3 Å². The number of aromatic amines is 1. The van der Waals surface area contributed by atoms with Crippen molar-refractivity contribution in [2.45, 2.75) is 0 Å². The van der Waals surface area contributed by atoms with E-state index < -0.39 is 23.5 Å². The first kappa shape index (κ1) is 21.4. The van der Waals surface area contributed by atoms with Gasteiger partial charge in [0.1, 0.15) is 5.82 Å². The summed E-state index contributed by atoms with van der Waals surface area (Å²) in [6, 6.07) is 11.9. The monoisotopic (exact) mass is 425 g/mol. The molecule has 1 heterocycles. The molecule has 3 rings (SSSR count). The van der Waals surface area contributed by atoms with E-state index in [0.717, 1.165) is 4.68 Å². The predicted molar refractivity (Wildman–Crippen MR) is 110 cm³/mol. The number of esters is 3. The van der Waals surface area contributed by atoms with Crippen molar-refractivity contribution in [3.8, 4) is 5.69 Å². The standard InChI is InChI=1S/C21H19N3O7/c1-29-19(26)12-4-6-15(7-5-12)22-17-11-18(25)24(23-17)16-9-13(20(27)30-2)8-14(10-16)21(28)31-3/h4-11,22-23H,1-3H3. The van der Waals surface area contributed by atoms with Crippen molar-refractivity contribution in [1.29, 1.82) is 0 Å². The summed E-state index contributed by atoms with van der Waals surface area (Å²) in [5.74, 6) is -1.46. The summed E-state index contributed by atoms with van der Waals surface area (Å²) >= 11 is 0. The summed E-state index contributed by atoms with van der Waals surface area (Å²) in [5, 5.41) is 5.86. The quantitative estimate of drug-likeness (QED) is 0.455. The second-order valence-corrected chi connectivity index (χ2v) is 6.29. The number of H-pyrrole nitrogens is 1. The molecule has 0 aliphatic rings. The van der Waals surface area contributed by atoms with Gasteiger partial charge in [-0.1, -0.05) is 0 Å². The third-order valence-electron chi connectivity index (χ3n) is 4.32. The summed E-state index contributed by atoms with van der Waals surface area (Å²) in [7, 11) is 3.71. The minimum atomic E-state index is -0.671. The molecule has 2 aromatic carbocycles. The molecule has 1 aromatic heterocycles. The van der Waals surface area contributed by atoms with Gasteiger partial charge >= 0.3 is 17.9 Å². The van der Waals surface area contributed by atoms with Crippen LogP contribution in [0.25, 0.3) is 5.69 Å². The summed E-state index contributed by atoms with van der Waals surface area (Å²) in [4.78, 5) is 48.0. The molecule has 0 amide bonds. The van der Waals surface area contributed by atoms with Crippen LogP contribution in [0.5, 0.6) is 0 Å². The van der Waals surface area contributed by atoms with E-state index in [1.807, 2.05) is 0 Å². The number of ether oxygens (including phenoxy) is 3. The van der Waals surface area contributed by atoms with Crippen LogP contribution in [0.3, 0.4) is 0 Å². The second kappa shape index (κ2) is 8.99. The number of rotatable bonds is 6. The van der Waals surface area contributed by atoms with Crippen LogP contribution in [0.15, 0.2) is 53.3 Å². The van der Waals surface area contributed by atoms with Crippen molar-refractivity contribution in [2.24, 2.45) is 0 Å². The number of hydrogen-bond acceptors (Lipinski definition) is 8. The van der Waals surface area contributed by atoms with Gasteiger partial charge in [-0.15, -0.1) is 0 Å². The highest BCUT2D eigenvalue weighted by Gasteiger charge is 2.16. The van der Waals surface area contributed by atoms with E-state index in [9.17, 15) is 19.2 Å². The lowest BCUT2D eigenvalue weighted by Gasteiger charge is -2.09. The molecular formula is C21H19N3O7. The fraction of sp³-hybridized carbons (Fsp3) is 0.143. The Balaban J connectivity index is 1.94. The van der Waals surface area contributed by atoms with E-state index in [1.165, 1.54) is 45.6 Å². The Morgan fingerprint density at radius 1 is 0.774 bits per heavy atom. The number of carbonyl (C=O) groups excluding carboxylic acids is 3. The maximum absolute atomic E-state index is 12.5. The molecule has 0 fully saturated rings.